The van der Waals surface area contributed by atoms with E-state index in [0.717, 1.165) is 22.8 Å². The first-order chi connectivity index (χ1) is 9.54. The van der Waals surface area contributed by atoms with Gasteiger partial charge in [0.2, 0.25) is 0 Å². The zero-order chi connectivity index (χ0) is 14.7. The minimum absolute atomic E-state index is 0.337. The Kier molecular flexibility index (Phi) is 4.50. The molecule has 0 radical (unpaired) electrons. The van der Waals surface area contributed by atoms with Gasteiger partial charge in [0, 0.05) is 5.56 Å². The van der Waals surface area contributed by atoms with Crippen LogP contribution in [-0.2, 0) is 0 Å². The lowest BCUT2D eigenvalue weighted by molar-refractivity contribution is 0.543. The zero-order valence-electron chi connectivity index (χ0n) is 12.0. The Morgan fingerprint density at radius 1 is 1.05 bits per heavy atom. The molecule has 3 heteroatoms. The van der Waals surface area contributed by atoms with Crippen LogP contribution in [0.1, 0.15) is 35.2 Å². The smallest absolute Gasteiger partial charge is 0.128 e. The van der Waals surface area contributed by atoms with E-state index in [1.54, 1.807) is 0 Å². The van der Waals surface area contributed by atoms with Crippen molar-refractivity contribution in [1.82, 2.24) is 5.32 Å². The molecular weight excluding hydrogens is 256 g/mol. The molecule has 0 saturated heterocycles. The lowest BCUT2D eigenvalue weighted by Crippen LogP contribution is -2.24. The van der Waals surface area contributed by atoms with Crippen LogP contribution in [0.2, 0.25) is 0 Å². The van der Waals surface area contributed by atoms with Gasteiger partial charge < -0.3 is 5.32 Å². The highest BCUT2D eigenvalue weighted by Crippen LogP contribution is 2.28. The van der Waals surface area contributed by atoms with Gasteiger partial charge in [-0.1, -0.05) is 25.1 Å². The summed E-state index contributed by atoms with van der Waals surface area (Å²) in [5.74, 6) is -0.812. The quantitative estimate of drug-likeness (QED) is 0.878. The van der Waals surface area contributed by atoms with Crippen molar-refractivity contribution in [3.05, 3.63) is 70.3 Å². The summed E-state index contributed by atoms with van der Waals surface area (Å²) in [4.78, 5) is 0. The molecule has 2 aromatic rings. The molecule has 1 N–H and O–H groups in total. The first-order valence-electron chi connectivity index (χ1n) is 6.79. The third-order valence-electron chi connectivity index (χ3n) is 3.63. The van der Waals surface area contributed by atoms with Crippen molar-refractivity contribution in [3.8, 4) is 0 Å². The van der Waals surface area contributed by atoms with Crippen molar-refractivity contribution in [2.45, 2.75) is 26.8 Å². The summed E-state index contributed by atoms with van der Waals surface area (Å²) in [7, 11) is 0. The molecule has 106 valence electrons. The van der Waals surface area contributed by atoms with Crippen LogP contribution in [0.25, 0.3) is 0 Å². The summed E-state index contributed by atoms with van der Waals surface area (Å²) in [6.45, 7) is 6.65. The van der Waals surface area contributed by atoms with Crippen molar-refractivity contribution < 1.29 is 8.78 Å². The molecule has 0 fully saturated rings. The monoisotopic (exact) mass is 275 g/mol. The second kappa shape index (κ2) is 6.14. The summed E-state index contributed by atoms with van der Waals surface area (Å²) in [6, 6.07) is 9.17. The number of hydrogen-bond acceptors (Lipinski definition) is 1. The maximum absolute atomic E-state index is 14.1. The molecule has 0 aliphatic carbocycles. The van der Waals surface area contributed by atoms with Crippen LogP contribution in [-0.4, -0.2) is 6.54 Å². The van der Waals surface area contributed by atoms with E-state index in [2.05, 4.69) is 5.32 Å². The Hall–Kier alpha value is -1.74. The second-order valence-corrected chi connectivity index (χ2v) is 4.95. The highest BCUT2D eigenvalue weighted by Gasteiger charge is 2.19. The first kappa shape index (κ1) is 14.7. The maximum atomic E-state index is 14.1. The minimum atomic E-state index is -0.422. The number of aryl methyl sites for hydroxylation is 1. The fraction of sp³-hybridized carbons (Fsp3) is 0.294. The van der Waals surface area contributed by atoms with E-state index in [1.807, 2.05) is 39.0 Å². The van der Waals surface area contributed by atoms with Crippen LogP contribution in [0.4, 0.5) is 8.78 Å². The number of hydrogen-bond donors (Lipinski definition) is 1. The Morgan fingerprint density at radius 2 is 1.80 bits per heavy atom. The average Bonchev–Trinajstić information content (AvgIpc) is 2.43. The van der Waals surface area contributed by atoms with Gasteiger partial charge in [0.1, 0.15) is 11.6 Å². The fourth-order valence-electron chi connectivity index (χ4n) is 2.41. The number of rotatable bonds is 4. The van der Waals surface area contributed by atoms with Gasteiger partial charge in [0.05, 0.1) is 6.04 Å². The molecule has 0 aliphatic rings. The minimum Gasteiger partial charge on any atom is -0.306 e. The van der Waals surface area contributed by atoms with Gasteiger partial charge in [-0.25, -0.2) is 8.78 Å². The highest BCUT2D eigenvalue weighted by atomic mass is 19.1. The molecule has 0 saturated carbocycles. The average molecular weight is 275 g/mol. The molecule has 2 aromatic carbocycles. The van der Waals surface area contributed by atoms with Gasteiger partial charge in [-0.2, -0.15) is 0 Å². The lowest BCUT2D eigenvalue weighted by Gasteiger charge is -2.22. The van der Waals surface area contributed by atoms with E-state index in [9.17, 15) is 8.78 Å². The number of halogens is 2. The van der Waals surface area contributed by atoms with E-state index in [-0.39, 0.29) is 6.04 Å². The first-order valence-corrected chi connectivity index (χ1v) is 6.79. The van der Waals surface area contributed by atoms with Crippen LogP contribution in [0.15, 0.2) is 36.4 Å². The van der Waals surface area contributed by atoms with Crippen LogP contribution < -0.4 is 5.32 Å². The Balaban J connectivity index is 2.56. The molecule has 1 unspecified atom stereocenters. The van der Waals surface area contributed by atoms with Gasteiger partial charge >= 0.3 is 0 Å². The lowest BCUT2D eigenvalue weighted by atomic mass is 9.92. The van der Waals surface area contributed by atoms with Gasteiger partial charge in [0.15, 0.2) is 0 Å². The summed E-state index contributed by atoms with van der Waals surface area (Å²) in [5.41, 5.74) is 3.57. The van der Waals surface area contributed by atoms with E-state index >= 15 is 0 Å². The molecule has 0 aromatic heterocycles. The van der Waals surface area contributed by atoms with E-state index in [4.69, 9.17) is 0 Å². The van der Waals surface area contributed by atoms with Crippen LogP contribution in [0.5, 0.6) is 0 Å². The largest absolute Gasteiger partial charge is 0.306 e. The Labute approximate surface area is 118 Å². The van der Waals surface area contributed by atoms with Crippen molar-refractivity contribution in [1.29, 1.82) is 0 Å². The van der Waals surface area contributed by atoms with Gasteiger partial charge in [-0.15, -0.1) is 0 Å². The van der Waals surface area contributed by atoms with E-state index in [1.165, 1.54) is 12.1 Å². The van der Waals surface area contributed by atoms with Crippen molar-refractivity contribution in [2.24, 2.45) is 0 Å². The molecular formula is C17H19F2N. The molecule has 0 amide bonds. The standard InChI is InChI=1S/C17H19F2N/c1-4-20-17(14-7-5-6-11(2)12(14)3)15-10-13(18)8-9-16(15)19/h5-10,17,20H,4H2,1-3H3. The zero-order valence-corrected chi connectivity index (χ0v) is 12.0. The predicted molar refractivity (Wildman–Crippen MR) is 77.8 cm³/mol. The topological polar surface area (TPSA) is 12.0 Å². The summed E-state index contributed by atoms with van der Waals surface area (Å²) in [6.07, 6.45) is 0. The SMILES string of the molecule is CCNC(c1cc(F)ccc1F)c1cccc(C)c1C. The molecule has 1 atom stereocenters. The summed E-state index contributed by atoms with van der Waals surface area (Å²) in [5, 5.41) is 3.24. The molecule has 2 rings (SSSR count). The Morgan fingerprint density at radius 3 is 2.50 bits per heavy atom. The van der Waals surface area contributed by atoms with Gasteiger partial charge in [0.25, 0.3) is 0 Å². The van der Waals surface area contributed by atoms with Gasteiger partial charge in [-0.05, 0) is 55.3 Å². The molecule has 0 spiro atoms. The third-order valence-corrected chi connectivity index (χ3v) is 3.63. The van der Waals surface area contributed by atoms with E-state index < -0.39 is 11.6 Å². The van der Waals surface area contributed by atoms with Crippen LogP contribution in [0, 0.1) is 25.5 Å². The third kappa shape index (κ3) is 2.88. The molecule has 0 heterocycles. The van der Waals surface area contributed by atoms with Crippen molar-refractivity contribution >= 4 is 0 Å². The predicted octanol–water partition coefficient (Wildman–Crippen LogP) is 4.28. The maximum Gasteiger partial charge on any atom is 0.128 e. The normalized spacial score (nSPS) is 12.4. The molecule has 0 bridgehead atoms. The number of nitrogens with one attached hydrogen (secondary N) is 1. The molecule has 1 nitrogen and oxygen atoms in total. The fourth-order valence-corrected chi connectivity index (χ4v) is 2.41. The summed E-state index contributed by atoms with van der Waals surface area (Å²) < 4.78 is 27.5. The van der Waals surface area contributed by atoms with Gasteiger partial charge in [-0.3, -0.25) is 0 Å². The van der Waals surface area contributed by atoms with Crippen LogP contribution >= 0.6 is 0 Å². The second-order valence-electron chi connectivity index (χ2n) is 4.95. The summed E-state index contributed by atoms with van der Waals surface area (Å²) >= 11 is 0. The molecule has 20 heavy (non-hydrogen) atoms. The Bertz CT molecular complexity index is 606. The van der Waals surface area contributed by atoms with Crippen molar-refractivity contribution in [2.75, 3.05) is 6.54 Å². The van der Waals surface area contributed by atoms with E-state index in [0.29, 0.717) is 12.1 Å². The van der Waals surface area contributed by atoms with Crippen LogP contribution in [0.3, 0.4) is 0 Å². The van der Waals surface area contributed by atoms with Crippen molar-refractivity contribution in [3.63, 3.8) is 0 Å². The highest BCUT2D eigenvalue weighted by molar-refractivity contribution is 5.41. The number of benzene rings is 2. The molecule has 0 aliphatic heterocycles.